The van der Waals surface area contributed by atoms with Crippen molar-refractivity contribution in [2.75, 3.05) is 34.9 Å². The fraction of sp³-hybridized carbons (Fsp3) is 1.00. The van der Waals surface area contributed by atoms with Gasteiger partial charge in [-0.1, -0.05) is 77.6 Å². The average molecular weight is 404 g/mol. The summed E-state index contributed by atoms with van der Waals surface area (Å²) in [6.07, 6.45) is 17.9. The Kier molecular flexibility index (Phi) is 18.1. The molecule has 0 fully saturated rings. The number of rotatable bonds is 20. The van der Waals surface area contributed by atoms with Crippen LogP contribution in [0.5, 0.6) is 0 Å². The minimum Gasteiger partial charge on any atom is -0.377 e. The van der Waals surface area contributed by atoms with Crippen molar-refractivity contribution in [3.8, 4) is 0 Å². The van der Waals surface area contributed by atoms with Gasteiger partial charge in [-0.25, -0.2) is 0 Å². The summed E-state index contributed by atoms with van der Waals surface area (Å²) >= 11 is 0. The molecule has 0 aliphatic heterocycles. The highest BCUT2D eigenvalue weighted by molar-refractivity contribution is 6.60. The Balaban J connectivity index is 3.59. The molecule has 0 N–H and O–H groups in total. The Hall–Kier alpha value is 0.0569. The molecule has 0 aliphatic carbocycles. The fourth-order valence-corrected chi connectivity index (χ4v) is 5.35. The van der Waals surface area contributed by atoms with E-state index in [4.69, 9.17) is 13.3 Å². The smallest absolute Gasteiger partial charge is 0.377 e. The van der Waals surface area contributed by atoms with E-state index < -0.39 is 8.80 Å². The van der Waals surface area contributed by atoms with Gasteiger partial charge in [-0.3, -0.25) is 0 Å². The van der Waals surface area contributed by atoms with Gasteiger partial charge in [0.15, 0.2) is 0 Å². The Morgan fingerprint density at radius 1 is 0.704 bits per heavy atom. The SMILES string of the molecule is CCCCCCCCCCCCCC(C)N(C)CCC[Si](OC)(OC)OC. The highest BCUT2D eigenvalue weighted by Gasteiger charge is 2.37. The molecule has 0 amide bonds. The van der Waals surface area contributed by atoms with Crippen LogP contribution in [0.25, 0.3) is 0 Å². The lowest BCUT2D eigenvalue weighted by atomic mass is 10.0. The summed E-state index contributed by atoms with van der Waals surface area (Å²) in [5.41, 5.74) is 0. The molecule has 27 heavy (non-hydrogen) atoms. The van der Waals surface area contributed by atoms with Crippen LogP contribution in [-0.2, 0) is 13.3 Å². The lowest BCUT2D eigenvalue weighted by Crippen LogP contribution is -2.43. The quantitative estimate of drug-likeness (QED) is 0.177. The summed E-state index contributed by atoms with van der Waals surface area (Å²) in [6, 6.07) is 1.53. The first-order valence-corrected chi connectivity index (χ1v) is 13.3. The van der Waals surface area contributed by atoms with Gasteiger partial charge in [0.05, 0.1) is 0 Å². The molecule has 0 aliphatic rings. The monoisotopic (exact) mass is 403 g/mol. The Morgan fingerprint density at radius 3 is 1.59 bits per heavy atom. The largest absolute Gasteiger partial charge is 0.500 e. The summed E-state index contributed by atoms with van der Waals surface area (Å²) in [7, 11) is 4.91. The van der Waals surface area contributed by atoms with Crippen LogP contribution < -0.4 is 0 Å². The van der Waals surface area contributed by atoms with E-state index in [2.05, 4.69) is 25.8 Å². The van der Waals surface area contributed by atoms with E-state index in [1.54, 1.807) is 21.3 Å². The van der Waals surface area contributed by atoms with E-state index >= 15 is 0 Å². The van der Waals surface area contributed by atoms with Crippen molar-refractivity contribution in [2.24, 2.45) is 0 Å². The second kappa shape index (κ2) is 18.1. The minimum absolute atomic E-state index is 0.646. The average Bonchev–Trinajstić information content (AvgIpc) is 2.69. The zero-order valence-corrected chi connectivity index (χ0v) is 20.4. The van der Waals surface area contributed by atoms with Crippen LogP contribution in [0.4, 0.5) is 0 Å². The number of hydrogen-bond acceptors (Lipinski definition) is 4. The maximum atomic E-state index is 5.50. The van der Waals surface area contributed by atoms with Crippen molar-refractivity contribution in [1.29, 1.82) is 0 Å². The first-order chi connectivity index (χ1) is 13.0. The van der Waals surface area contributed by atoms with Gasteiger partial charge in [0.1, 0.15) is 0 Å². The predicted molar refractivity (Wildman–Crippen MR) is 119 cm³/mol. The van der Waals surface area contributed by atoms with Crippen molar-refractivity contribution >= 4 is 8.80 Å². The third kappa shape index (κ3) is 13.8. The molecule has 5 heteroatoms. The Bertz CT molecular complexity index is 306. The van der Waals surface area contributed by atoms with Gasteiger partial charge < -0.3 is 18.2 Å². The van der Waals surface area contributed by atoms with Gasteiger partial charge in [-0.05, 0) is 33.4 Å². The van der Waals surface area contributed by atoms with Crippen LogP contribution in [0, 0.1) is 0 Å². The second-order valence-electron chi connectivity index (χ2n) is 8.05. The highest BCUT2D eigenvalue weighted by atomic mass is 28.4. The topological polar surface area (TPSA) is 30.9 Å². The van der Waals surface area contributed by atoms with Gasteiger partial charge in [0.2, 0.25) is 0 Å². The molecule has 0 aromatic carbocycles. The molecule has 0 saturated heterocycles. The fourth-order valence-electron chi connectivity index (χ4n) is 3.65. The van der Waals surface area contributed by atoms with E-state index in [9.17, 15) is 0 Å². The molecule has 1 unspecified atom stereocenters. The summed E-state index contributed by atoms with van der Waals surface area (Å²) < 4.78 is 16.5. The van der Waals surface area contributed by atoms with Gasteiger partial charge in [-0.15, -0.1) is 0 Å². The van der Waals surface area contributed by atoms with Crippen LogP contribution in [0.3, 0.4) is 0 Å². The van der Waals surface area contributed by atoms with Crippen molar-refractivity contribution in [2.45, 2.75) is 109 Å². The molecular formula is C22H49NO3Si. The summed E-state index contributed by atoms with van der Waals surface area (Å²) in [6.45, 7) is 5.71. The molecule has 0 bridgehead atoms. The van der Waals surface area contributed by atoms with Crippen molar-refractivity contribution in [3.05, 3.63) is 0 Å². The van der Waals surface area contributed by atoms with Crippen molar-refractivity contribution in [1.82, 2.24) is 4.90 Å². The molecule has 0 saturated carbocycles. The zero-order chi connectivity index (χ0) is 20.4. The number of unbranched alkanes of at least 4 members (excludes halogenated alkanes) is 10. The van der Waals surface area contributed by atoms with E-state index in [-0.39, 0.29) is 0 Å². The molecule has 0 aromatic heterocycles. The molecule has 4 nitrogen and oxygen atoms in total. The third-order valence-corrected chi connectivity index (χ3v) is 8.74. The van der Waals surface area contributed by atoms with Crippen LogP contribution in [0.1, 0.15) is 97.3 Å². The van der Waals surface area contributed by atoms with Crippen LogP contribution in [0.2, 0.25) is 6.04 Å². The summed E-state index contributed by atoms with van der Waals surface area (Å²) in [5, 5.41) is 0. The van der Waals surface area contributed by atoms with Gasteiger partial charge in [0, 0.05) is 33.4 Å². The third-order valence-electron chi connectivity index (χ3n) is 5.90. The predicted octanol–water partition coefficient (Wildman–Crippen LogP) is 6.28. The standard InChI is InChI=1S/C22H49NO3Si/c1-7-8-9-10-11-12-13-14-15-16-17-19-22(2)23(3)20-18-21-27(24-4,25-5)26-6/h22H,7-21H2,1-6H3. The molecular weight excluding hydrogens is 354 g/mol. The van der Waals surface area contributed by atoms with Gasteiger partial charge in [0.25, 0.3) is 0 Å². The van der Waals surface area contributed by atoms with Crippen molar-refractivity contribution in [3.63, 3.8) is 0 Å². The molecule has 0 radical (unpaired) electrons. The van der Waals surface area contributed by atoms with Crippen LogP contribution in [0.15, 0.2) is 0 Å². The maximum absolute atomic E-state index is 5.50. The molecule has 1 atom stereocenters. The van der Waals surface area contributed by atoms with Crippen molar-refractivity contribution < 1.29 is 13.3 Å². The Labute approximate surface area is 171 Å². The summed E-state index contributed by atoms with van der Waals surface area (Å²) in [4.78, 5) is 2.47. The molecule has 0 rings (SSSR count). The molecule has 0 spiro atoms. The lowest BCUT2D eigenvalue weighted by Gasteiger charge is -2.28. The molecule has 0 heterocycles. The number of hydrogen-bond donors (Lipinski definition) is 0. The maximum Gasteiger partial charge on any atom is 0.500 e. The lowest BCUT2D eigenvalue weighted by molar-refractivity contribution is 0.121. The van der Waals surface area contributed by atoms with Gasteiger partial charge >= 0.3 is 8.80 Å². The van der Waals surface area contributed by atoms with E-state index in [0.29, 0.717) is 6.04 Å². The highest BCUT2D eigenvalue weighted by Crippen LogP contribution is 2.17. The number of nitrogens with zero attached hydrogens (tertiary/aromatic N) is 1. The zero-order valence-electron chi connectivity index (χ0n) is 19.4. The van der Waals surface area contributed by atoms with Gasteiger partial charge in [-0.2, -0.15) is 0 Å². The van der Waals surface area contributed by atoms with E-state index in [0.717, 1.165) is 19.0 Å². The second-order valence-corrected chi connectivity index (χ2v) is 11.1. The first kappa shape index (κ1) is 27.1. The first-order valence-electron chi connectivity index (χ1n) is 11.4. The molecule has 0 aromatic rings. The van der Waals surface area contributed by atoms with Crippen LogP contribution in [-0.4, -0.2) is 54.7 Å². The minimum atomic E-state index is -2.40. The van der Waals surface area contributed by atoms with E-state index in [1.165, 1.54) is 77.0 Å². The van der Waals surface area contributed by atoms with E-state index in [1.807, 2.05) is 0 Å². The molecule has 164 valence electrons. The Morgan fingerprint density at radius 2 is 1.15 bits per heavy atom. The van der Waals surface area contributed by atoms with Crippen LogP contribution >= 0.6 is 0 Å². The normalized spacial score (nSPS) is 13.4. The summed E-state index contributed by atoms with van der Waals surface area (Å²) in [5.74, 6) is 0.